The summed E-state index contributed by atoms with van der Waals surface area (Å²) in [6.45, 7) is 5.08. The van der Waals surface area contributed by atoms with E-state index < -0.39 is 11.6 Å². The molecule has 66 valence electrons. The van der Waals surface area contributed by atoms with Gasteiger partial charge in [0.1, 0.15) is 0 Å². The molecule has 0 fully saturated rings. The Hall–Kier alpha value is -0.610. The summed E-state index contributed by atoms with van der Waals surface area (Å²) < 4.78 is 0. The molecule has 4 heteroatoms. The Balaban J connectivity index is 3.71. The van der Waals surface area contributed by atoms with E-state index in [0.717, 1.165) is 0 Å². The second-order valence-corrected chi connectivity index (χ2v) is 3.28. The van der Waals surface area contributed by atoms with E-state index in [0.29, 0.717) is 0 Å². The molecule has 1 amide bonds. The van der Waals surface area contributed by atoms with Crippen LogP contribution in [0.25, 0.3) is 0 Å². The molecular formula is C7H16N2O2. The summed E-state index contributed by atoms with van der Waals surface area (Å²) in [7, 11) is 0. The number of carbonyl (C=O) groups excluding carboxylic acids is 1. The highest BCUT2D eigenvalue weighted by molar-refractivity contribution is 5.84. The van der Waals surface area contributed by atoms with Gasteiger partial charge in [0.05, 0.1) is 11.6 Å². The second-order valence-electron chi connectivity index (χ2n) is 3.28. The molecule has 0 saturated heterocycles. The number of hydrogen-bond donors (Lipinski definition) is 3. The molecule has 0 aliphatic heterocycles. The Morgan fingerprint density at radius 1 is 1.73 bits per heavy atom. The van der Waals surface area contributed by atoms with Crippen LogP contribution >= 0.6 is 0 Å². The monoisotopic (exact) mass is 160 g/mol. The fourth-order valence-corrected chi connectivity index (χ4v) is 0.468. The van der Waals surface area contributed by atoms with Crippen molar-refractivity contribution in [2.75, 3.05) is 6.54 Å². The van der Waals surface area contributed by atoms with Crippen molar-refractivity contribution < 1.29 is 9.90 Å². The maximum atomic E-state index is 11.0. The van der Waals surface area contributed by atoms with E-state index in [1.54, 1.807) is 20.8 Å². The molecule has 0 radical (unpaired) electrons. The van der Waals surface area contributed by atoms with Crippen LogP contribution in [0.4, 0.5) is 0 Å². The first-order chi connectivity index (χ1) is 4.84. The van der Waals surface area contributed by atoms with Crippen LogP contribution in [0.3, 0.4) is 0 Å². The smallest absolute Gasteiger partial charge is 0.239 e. The van der Waals surface area contributed by atoms with E-state index in [-0.39, 0.29) is 12.5 Å². The fourth-order valence-electron chi connectivity index (χ4n) is 0.468. The number of nitrogens with one attached hydrogen (secondary N) is 1. The van der Waals surface area contributed by atoms with E-state index in [2.05, 4.69) is 5.32 Å². The maximum absolute atomic E-state index is 11.0. The van der Waals surface area contributed by atoms with Crippen LogP contribution in [0.15, 0.2) is 0 Å². The number of amides is 1. The van der Waals surface area contributed by atoms with Crippen LogP contribution < -0.4 is 11.1 Å². The third kappa shape index (κ3) is 4.75. The lowest BCUT2D eigenvalue weighted by molar-refractivity contribution is -0.125. The van der Waals surface area contributed by atoms with Crippen LogP contribution in [0.2, 0.25) is 0 Å². The summed E-state index contributed by atoms with van der Waals surface area (Å²) in [5.41, 5.74) is 4.61. The summed E-state index contributed by atoms with van der Waals surface area (Å²) in [4.78, 5) is 11.0. The van der Waals surface area contributed by atoms with Gasteiger partial charge in [0.15, 0.2) is 0 Å². The van der Waals surface area contributed by atoms with E-state index in [1.807, 2.05) is 0 Å². The largest absolute Gasteiger partial charge is 0.392 e. The lowest BCUT2D eigenvalue weighted by atomic mass is 10.1. The van der Waals surface area contributed by atoms with Gasteiger partial charge in [-0.25, -0.2) is 0 Å². The van der Waals surface area contributed by atoms with Crippen molar-refractivity contribution >= 4 is 5.91 Å². The Bertz CT molecular complexity index is 138. The van der Waals surface area contributed by atoms with Gasteiger partial charge in [0.25, 0.3) is 0 Å². The third-order valence-corrected chi connectivity index (χ3v) is 1.14. The SMILES string of the molecule is C[C@@H](O)CNC(=O)C(C)(C)N. The average molecular weight is 160 g/mol. The number of hydrogen-bond acceptors (Lipinski definition) is 3. The summed E-state index contributed by atoms with van der Waals surface area (Å²) in [6.07, 6.45) is -0.527. The molecule has 0 heterocycles. The molecule has 0 rings (SSSR count). The lowest BCUT2D eigenvalue weighted by Crippen LogP contribution is -2.50. The van der Waals surface area contributed by atoms with Crippen molar-refractivity contribution in [3.63, 3.8) is 0 Å². The van der Waals surface area contributed by atoms with Crippen LogP contribution in [0.1, 0.15) is 20.8 Å². The Morgan fingerprint density at radius 3 is 2.45 bits per heavy atom. The molecule has 0 aromatic rings. The first-order valence-corrected chi connectivity index (χ1v) is 3.59. The highest BCUT2D eigenvalue weighted by atomic mass is 16.3. The molecule has 0 aliphatic carbocycles. The molecule has 11 heavy (non-hydrogen) atoms. The second kappa shape index (κ2) is 3.69. The Kier molecular flexibility index (Phi) is 3.48. The van der Waals surface area contributed by atoms with Gasteiger partial charge >= 0.3 is 0 Å². The van der Waals surface area contributed by atoms with Crippen molar-refractivity contribution in [2.24, 2.45) is 5.73 Å². The topological polar surface area (TPSA) is 75.3 Å². The van der Waals surface area contributed by atoms with Gasteiger partial charge in [-0.05, 0) is 20.8 Å². The minimum Gasteiger partial charge on any atom is -0.392 e. The van der Waals surface area contributed by atoms with Gasteiger partial charge in [-0.3, -0.25) is 4.79 Å². The highest BCUT2D eigenvalue weighted by Gasteiger charge is 2.21. The van der Waals surface area contributed by atoms with Crippen LogP contribution in [-0.4, -0.2) is 29.2 Å². The molecular weight excluding hydrogens is 144 g/mol. The van der Waals surface area contributed by atoms with Gasteiger partial charge in [0.2, 0.25) is 5.91 Å². The van der Waals surface area contributed by atoms with Gasteiger partial charge in [-0.15, -0.1) is 0 Å². The van der Waals surface area contributed by atoms with Crippen molar-refractivity contribution in [3.05, 3.63) is 0 Å². The van der Waals surface area contributed by atoms with E-state index >= 15 is 0 Å². The normalized spacial score (nSPS) is 14.3. The number of carbonyl (C=O) groups is 1. The van der Waals surface area contributed by atoms with Crippen LogP contribution in [0, 0.1) is 0 Å². The van der Waals surface area contributed by atoms with Crippen molar-refractivity contribution in [1.29, 1.82) is 0 Å². The standard InChI is InChI=1S/C7H16N2O2/c1-5(10)4-9-6(11)7(2,3)8/h5,10H,4,8H2,1-3H3,(H,9,11)/t5-/m1/s1. The third-order valence-electron chi connectivity index (χ3n) is 1.14. The summed E-state index contributed by atoms with van der Waals surface area (Å²) >= 11 is 0. The average Bonchev–Trinajstić information content (AvgIpc) is 1.80. The molecule has 0 aromatic carbocycles. The van der Waals surface area contributed by atoms with Crippen LogP contribution in [0.5, 0.6) is 0 Å². The zero-order chi connectivity index (χ0) is 9.07. The molecule has 1 atom stereocenters. The Morgan fingerprint density at radius 2 is 2.18 bits per heavy atom. The van der Waals surface area contributed by atoms with Gasteiger partial charge < -0.3 is 16.2 Å². The zero-order valence-electron chi connectivity index (χ0n) is 7.22. The first kappa shape index (κ1) is 10.4. The van der Waals surface area contributed by atoms with Crippen molar-refractivity contribution in [1.82, 2.24) is 5.32 Å². The predicted molar refractivity (Wildman–Crippen MR) is 43.0 cm³/mol. The number of nitrogens with two attached hydrogens (primary N) is 1. The number of aliphatic hydroxyl groups excluding tert-OH is 1. The molecule has 0 bridgehead atoms. The lowest BCUT2D eigenvalue weighted by Gasteiger charge is -2.18. The number of aliphatic hydroxyl groups is 1. The van der Waals surface area contributed by atoms with E-state index in [1.165, 1.54) is 0 Å². The summed E-state index contributed by atoms with van der Waals surface area (Å²) in [6, 6.07) is 0. The van der Waals surface area contributed by atoms with Gasteiger partial charge in [0, 0.05) is 6.54 Å². The quantitative estimate of drug-likeness (QED) is 0.507. The molecule has 4 nitrogen and oxygen atoms in total. The maximum Gasteiger partial charge on any atom is 0.239 e. The minimum atomic E-state index is -0.866. The minimum absolute atomic E-state index is 0.249. The number of rotatable bonds is 3. The fraction of sp³-hybridized carbons (Fsp3) is 0.857. The van der Waals surface area contributed by atoms with Crippen molar-refractivity contribution in [3.8, 4) is 0 Å². The zero-order valence-corrected chi connectivity index (χ0v) is 7.22. The molecule has 0 aliphatic rings. The van der Waals surface area contributed by atoms with E-state index in [4.69, 9.17) is 10.8 Å². The summed E-state index contributed by atoms with van der Waals surface area (Å²) in [5, 5.41) is 11.3. The first-order valence-electron chi connectivity index (χ1n) is 3.59. The van der Waals surface area contributed by atoms with Crippen molar-refractivity contribution in [2.45, 2.75) is 32.4 Å². The summed E-state index contributed by atoms with van der Waals surface area (Å²) in [5.74, 6) is -0.251. The Labute approximate surface area is 66.8 Å². The van der Waals surface area contributed by atoms with Gasteiger partial charge in [-0.2, -0.15) is 0 Å². The van der Waals surface area contributed by atoms with Gasteiger partial charge in [-0.1, -0.05) is 0 Å². The van der Waals surface area contributed by atoms with Crippen LogP contribution in [-0.2, 0) is 4.79 Å². The molecule has 0 saturated carbocycles. The molecule has 0 spiro atoms. The highest BCUT2D eigenvalue weighted by Crippen LogP contribution is 1.94. The molecule has 4 N–H and O–H groups in total. The van der Waals surface area contributed by atoms with E-state index in [9.17, 15) is 4.79 Å². The predicted octanol–water partition coefficient (Wildman–Crippen LogP) is -0.779. The molecule has 0 unspecified atom stereocenters. The molecule has 0 aromatic heterocycles.